The number of fused-ring (bicyclic) bond motifs is 1. The normalized spacial score (nSPS) is 12.5. The van der Waals surface area contributed by atoms with E-state index in [4.69, 9.17) is 19.0 Å². The fourth-order valence-corrected chi connectivity index (χ4v) is 3.15. The standard InChI is InChI=1S/C25H28O6/c1-5-6-23(26)31-22(15-29-19-10-7-16(8-11-19)24(27)28)21-14-17-13-18(25(2,3)4)9-12-20(17)30-21/h7-14,22H,5-6,15H2,1-4H3,(H,27,28). The van der Waals surface area contributed by atoms with E-state index in [2.05, 4.69) is 26.8 Å². The van der Waals surface area contributed by atoms with Crippen molar-refractivity contribution in [3.8, 4) is 5.75 Å². The van der Waals surface area contributed by atoms with Crippen molar-refractivity contribution in [2.24, 2.45) is 0 Å². The number of carboxylic acids is 1. The molecule has 31 heavy (non-hydrogen) atoms. The van der Waals surface area contributed by atoms with Crippen LogP contribution in [0.2, 0.25) is 0 Å². The van der Waals surface area contributed by atoms with Crippen molar-refractivity contribution in [1.82, 2.24) is 0 Å². The summed E-state index contributed by atoms with van der Waals surface area (Å²) >= 11 is 0. The third kappa shape index (κ3) is 5.66. The number of carboxylic acid groups (broad SMARTS) is 1. The highest BCUT2D eigenvalue weighted by molar-refractivity contribution is 5.87. The predicted molar refractivity (Wildman–Crippen MR) is 118 cm³/mol. The number of hydrogen-bond donors (Lipinski definition) is 1. The van der Waals surface area contributed by atoms with Gasteiger partial charge in [0.2, 0.25) is 0 Å². The van der Waals surface area contributed by atoms with E-state index < -0.39 is 12.1 Å². The molecule has 1 N–H and O–H groups in total. The van der Waals surface area contributed by atoms with Crippen molar-refractivity contribution < 1.29 is 28.6 Å². The second-order valence-corrected chi connectivity index (χ2v) is 8.52. The van der Waals surface area contributed by atoms with Gasteiger partial charge in [-0.25, -0.2) is 4.79 Å². The topological polar surface area (TPSA) is 86.0 Å². The predicted octanol–water partition coefficient (Wildman–Crippen LogP) is 5.89. The fourth-order valence-electron chi connectivity index (χ4n) is 3.15. The van der Waals surface area contributed by atoms with Crippen LogP contribution in [0, 0.1) is 0 Å². The first-order valence-corrected chi connectivity index (χ1v) is 10.4. The van der Waals surface area contributed by atoms with Crippen molar-refractivity contribution in [2.45, 2.75) is 52.1 Å². The molecule has 3 rings (SSSR count). The lowest BCUT2D eigenvalue weighted by atomic mass is 9.86. The third-order valence-electron chi connectivity index (χ3n) is 4.95. The molecule has 1 aromatic heterocycles. The number of ether oxygens (including phenoxy) is 2. The van der Waals surface area contributed by atoms with Crippen LogP contribution in [0.4, 0.5) is 0 Å². The molecular weight excluding hydrogens is 396 g/mol. The molecule has 6 heteroatoms. The Labute approximate surface area is 181 Å². The summed E-state index contributed by atoms with van der Waals surface area (Å²) in [4.78, 5) is 23.2. The molecule has 1 heterocycles. The lowest BCUT2D eigenvalue weighted by Crippen LogP contribution is -2.17. The molecule has 0 amide bonds. The number of benzene rings is 2. The molecule has 0 aliphatic rings. The maximum Gasteiger partial charge on any atom is 0.335 e. The molecule has 1 unspecified atom stereocenters. The van der Waals surface area contributed by atoms with E-state index in [0.29, 0.717) is 29.9 Å². The van der Waals surface area contributed by atoms with Crippen molar-refractivity contribution in [3.05, 3.63) is 65.4 Å². The number of esters is 1. The van der Waals surface area contributed by atoms with Crippen LogP contribution in [-0.2, 0) is 14.9 Å². The molecule has 0 radical (unpaired) electrons. The van der Waals surface area contributed by atoms with Gasteiger partial charge in [0.25, 0.3) is 0 Å². The van der Waals surface area contributed by atoms with Gasteiger partial charge < -0.3 is 19.0 Å². The fraction of sp³-hybridized carbons (Fsp3) is 0.360. The van der Waals surface area contributed by atoms with Crippen LogP contribution in [0.3, 0.4) is 0 Å². The van der Waals surface area contributed by atoms with E-state index in [0.717, 1.165) is 5.39 Å². The highest BCUT2D eigenvalue weighted by Gasteiger charge is 2.23. The Bertz CT molecular complexity index is 1060. The van der Waals surface area contributed by atoms with Gasteiger partial charge in [0.1, 0.15) is 23.7 Å². The van der Waals surface area contributed by atoms with Crippen molar-refractivity contribution in [1.29, 1.82) is 0 Å². The van der Waals surface area contributed by atoms with Crippen LogP contribution >= 0.6 is 0 Å². The second-order valence-electron chi connectivity index (χ2n) is 8.52. The summed E-state index contributed by atoms with van der Waals surface area (Å²) in [6.07, 6.45) is 0.264. The number of furan rings is 1. The van der Waals surface area contributed by atoms with E-state index in [-0.39, 0.29) is 23.6 Å². The molecule has 6 nitrogen and oxygen atoms in total. The van der Waals surface area contributed by atoms with Crippen molar-refractivity contribution in [2.75, 3.05) is 6.61 Å². The first kappa shape index (κ1) is 22.4. The Morgan fingerprint density at radius 1 is 1.06 bits per heavy atom. The average molecular weight is 424 g/mol. The first-order chi connectivity index (χ1) is 14.7. The quantitative estimate of drug-likeness (QED) is 0.454. The summed E-state index contributed by atoms with van der Waals surface area (Å²) in [7, 11) is 0. The van der Waals surface area contributed by atoms with E-state index in [1.54, 1.807) is 12.1 Å². The van der Waals surface area contributed by atoms with Crippen LogP contribution in [0.1, 0.15) is 68.3 Å². The molecule has 0 saturated carbocycles. The van der Waals surface area contributed by atoms with E-state index in [1.807, 2.05) is 25.1 Å². The van der Waals surface area contributed by atoms with Crippen LogP contribution in [0.25, 0.3) is 11.0 Å². The van der Waals surface area contributed by atoms with Gasteiger partial charge in [-0.15, -0.1) is 0 Å². The Kier molecular flexibility index (Phi) is 6.68. The smallest absolute Gasteiger partial charge is 0.335 e. The lowest BCUT2D eigenvalue weighted by molar-refractivity contribution is -0.152. The van der Waals surface area contributed by atoms with Crippen molar-refractivity contribution in [3.63, 3.8) is 0 Å². The number of aromatic carboxylic acids is 1. The Morgan fingerprint density at radius 2 is 1.77 bits per heavy atom. The minimum absolute atomic E-state index is 0.00381. The molecule has 164 valence electrons. The van der Waals surface area contributed by atoms with E-state index in [9.17, 15) is 9.59 Å². The number of carbonyl (C=O) groups excluding carboxylic acids is 1. The van der Waals surface area contributed by atoms with Gasteiger partial charge in [-0.3, -0.25) is 4.79 Å². The highest BCUT2D eigenvalue weighted by Crippen LogP contribution is 2.31. The zero-order valence-corrected chi connectivity index (χ0v) is 18.3. The van der Waals surface area contributed by atoms with E-state index in [1.165, 1.54) is 17.7 Å². The number of rotatable bonds is 8. The molecule has 1 atom stereocenters. The van der Waals surface area contributed by atoms with Gasteiger partial charge in [0.15, 0.2) is 6.10 Å². The molecule has 0 saturated heterocycles. The van der Waals surface area contributed by atoms with Gasteiger partial charge in [0, 0.05) is 11.8 Å². The van der Waals surface area contributed by atoms with Gasteiger partial charge in [-0.1, -0.05) is 33.8 Å². The maximum absolute atomic E-state index is 12.2. The minimum Gasteiger partial charge on any atom is -0.489 e. The second kappa shape index (κ2) is 9.25. The summed E-state index contributed by atoms with van der Waals surface area (Å²) in [6, 6.07) is 14.0. The minimum atomic E-state index is -1.00. The summed E-state index contributed by atoms with van der Waals surface area (Å²) < 4.78 is 17.4. The van der Waals surface area contributed by atoms with Crippen molar-refractivity contribution >= 4 is 22.9 Å². The Hall–Kier alpha value is -3.28. The van der Waals surface area contributed by atoms with Gasteiger partial charge >= 0.3 is 11.9 Å². The molecular formula is C25H28O6. The van der Waals surface area contributed by atoms with Gasteiger partial charge in [0.05, 0.1) is 5.56 Å². The highest BCUT2D eigenvalue weighted by atomic mass is 16.6. The monoisotopic (exact) mass is 424 g/mol. The molecule has 0 fully saturated rings. The third-order valence-corrected chi connectivity index (χ3v) is 4.95. The van der Waals surface area contributed by atoms with Gasteiger partial charge in [-0.2, -0.15) is 0 Å². The average Bonchev–Trinajstić information content (AvgIpc) is 3.14. The molecule has 0 aliphatic carbocycles. The van der Waals surface area contributed by atoms with Crippen LogP contribution in [0.15, 0.2) is 52.9 Å². The SMILES string of the molecule is CCCC(=O)OC(COc1ccc(C(=O)O)cc1)c1cc2cc(C(C)(C)C)ccc2o1. The zero-order chi connectivity index (χ0) is 22.6. The first-order valence-electron chi connectivity index (χ1n) is 10.4. The van der Waals surface area contributed by atoms with Crippen LogP contribution in [0.5, 0.6) is 5.75 Å². The summed E-state index contributed by atoms with van der Waals surface area (Å²) in [6.45, 7) is 8.40. The van der Waals surface area contributed by atoms with Crippen LogP contribution < -0.4 is 4.74 Å². The molecule has 0 bridgehead atoms. The molecule has 0 spiro atoms. The van der Waals surface area contributed by atoms with Crippen LogP contribution in [-0.4, -0.2) is 23.7 Å². The Morgan fingerprint density at radius 3 is 2.39 bits per heavy atom. The summed E-state index contributed by atoms with van der Waals surface area (Å²) in [5, 5.41) is 9.96. The number of carbonyl (C=O) groups is 2. The number of hydrogen-bond acceptors (Lipinski definition) is 5. The lowest BCUT2D eigenvalue weighted by Gasteiger charge is -2.18. The largest absolute Gasteiger partial charge is 0.489 e. The molecule has 0 aliphatic heterocycles. The summed E-state index contributed by atoms with van der Waals surface area (Å²) in [5.41, 5.74) is 2.07. The maximum atomic E-state index is 12.2. The summed E-state index contributed by atoms with van der Waals surface area (Å²) in [5.74, 6) is -0.344. The Balaban J connectivity index is 1.84. The van der Waals surface area contributed by atoms with E-state index >= 15 is 0 Å². The molecule has 3 aromatic rings. The van der Waals surface area contributed by atoms with Gasteiger partial charge in [-0.05, 0) is 59.9 Å². The molecule has 2 aromatic carbocycles. The zero-order valence-electron chi connectivity index (χ0n) is 18.3.